The normalized spacial score (nSPS) is 23.4. The van der Waals surface area contributed by atoms with Crippen LogP contribution < -0.4 is 5.32 Å². The zero-order valence-corrected chi connectivity index (χ0v) is 15.7. The second-order valence-electron chi connectivity index (χ2n) is 7.61. The molecule has 2 saturated heterocycles. The Hall–Kier alpha value is -1.99. The van der Waals surface area contributed by atoms with Crippen LogP contribution in [0, 0.1) is 0 Å². The van der Waals surface area contributed by atoms with Crippen LogP contribution in [0.2, 0.25) is 0 Å². The topological polar surface area (TPSA) is 65.8 Å². The van der Waals surface area contributed by atoms with E-state index in [1.54, 1.807) is 13.2 Å². The van der Waals surface area contributed by atoms with Gasteiger partial charge in [0.1, 0.15) is 5.56 Å². The number of rotatable bonds is 3. The summed E-state index contributed by atoms with van der Waals surface area (Å²) in [6.45, 7) is 4.66. The Morgan fingerprint density at radius 2 is 2.04 bits per heavy atom. The molecule has 1 amide bonds. The minimum atomic E-state index is -0.138. The smallest absolute Gasteiger partial charge is 0.256 e. The first-order valence-corrected chi connectivity index (χ1v) is 9.64. The van der Waals surface area contributed by atoms with Crippen molar-refractivity contribution in [2.75, 3.05) is 40.3 Å². The number of nitrogens with zero attached hydrogens (tertiary/aromatic N) is 5. The molecule has 0 saturated carbocycles. The fourth-order valence-corrected chi connectivity index (χ4v) is 4.45. The van der Waals surface area contributed by atoms with Crippen molar-refractivity contribution in [3.05, 3.63) is 29.7 Å². The molecule has 4 heterocycles. The number of fused-ring (bicyclic) bond motifs is 1. The molecular formula is C19H28N6O. The van der Waals surface area contributed by atoms with Gasteiger partial charge in [-0.2, -0.15) is 5.10 Å². The average molecular weight is 356 g/mol. The first kappa shape index (κ1) is 17.4. The van der Waals surface area contributed by atoms with Crippen molar-refractivity contribution in [1.29, 1.82) is 0 Å². The number of carbonyl (C=O) groups is 1. The van der Waals surface area contributed by atoms with Gasteiger partial charge in [-0.3, -0.25) is 9.69 Å². The fraction of sp³-hybridized carbons (Fsp3) is 0.632. The maximum atomic E-state index is 12.0. The lowest BCUT2D eigenvalue weighted by Crippen LogP contribution is -2.47. The van der Waals surface area contributed by atoms with E-state index in [1.807, 2.05) is 10.7 Å². The van der Waals surface area contributed by atoms with Crippen molar-refractivity contribution in [3.8, 4) is 0 Å². The van der Waals surface area contributed by atoms with Crippen molar-refractivity contribution in [1.82, 2.24) is 29.7 Å². The molecule has 2 aliphatic rings. The van der Waals surface area contributed by atoms with Gasteiger partial charge in [0.2, 0.25) is 0 Å². The summed E-state index contributed by atoms with van der Waals surface area (Å²) in [7, 11) is 3.85. The van der Waals surface area contributed by atoms with E-state index >= 15 is 0 Å². The number of amides is 1. The number of piperidine rings is 2. The van der Waals surface area contributed by atoms with Crippen LogP contribution in [-0.2, 0) is 0 Å². The zero-order chi connectivity index (χ0) is 18.1. The summed E-state index contributed by atoms with van der Waals surface area (Å²) in [5.41, 5.74) is 2.36. The summed E-state index contributed by atoms with van der Waals surface area (Å²) in [6, 6.07) is 2.77. The van der Waals surface area contributed by atoms with Crippen molar-refractivity contribution < 1.29 is 4.79 Å². The molecule has 1 atom stereocenters. The molecule has 0 radical (unpaired) electrons. The van der Waals surface area contributed by atoms with E-state index < -0.39 is 0 Å². The number of likely N-dealkylation sites (tertiary alicyclic amines) is 2. The molecule has 26 heavy (non-hydrogen) atoms. The van der Waals surface area contributed by atoms with Gasteiger partial charge in [0.05, 0.1) is 11.9 Å². The van der Waals surface area contributed by atoms with Gasteiger partial charge >= 0.3 is 0 Å². The lowest BCUT2D eigenvalue weighted by molar-refractivity contribution is 0.0930. The van der Waals surface area contributed by atoms with E-state index in [1.165, 1.54) is 44.6 Å². The van der Waals surface area contributed by atoms with Gasteiger partial charge in [-0.15, -0.1) is 0 Å². The summed E-state index contributed by atoms with van der Waals surface area (Å²) in [5, 5.41) is 7.15. The van der Waals surface area contributed by atoms with Crippen LogP contribution in [0.15, 0.2) is 18.5 Å². The third-order valence-electron chi connectivity index (χ3n) is 5.98. The number of carbonyl (C=O) groups excluding carboxylic acids is 1. The van der Waals surface area contributed by atoms with Crippen molar-refractivity contribution >= 4 is 11.6 Å². The van der Waals surface area contributed by atoms with E-state index in [0.29, 0.717) is 23.2 Å². The summed E-state index contributed by atoms with van der Waals surface area (Å²) in [5.74, 6) is 0.299. The summed E-state index contributed by atoms with van der Waals surface area (Å²) in [4.78, 5) is 21.6. The number of nitrogens with one attached hydrogen (secondary N) is 1. The van der Waals surface area contributed by atoms with Gasteiger partial charge in [-0.1, -0.05) is 0 Å². The van der Waals surface area contributed by atoms with Crippen molar-refractivity contribution in [3.63, 3.8) is 0 Å². The molecule has 0 bridgehead atoms. The predicted molar refractivity (Wildman–Crippen MR) is 100 cm³/mol. The van der Waals surface area contributed by atoms with Crippen LogP contribution in [0.3, 0.4) is 0 Å². The largest absolute Gasteiger partial charge is 0.355 e. The molecule has 0 aliphatic carbocycles. The molecular weight excluding hydrogens is 328 g/mol. The molecule has 7 nitrogen and oxygen atoms in total. The molecule has 0 spiro atoms. The Bertz CT molecular complexity index is 779. The minimum absolute atomic E-state index is 0.138. The number of aromatic nitrogens is 3. The van der Waals surface area contributed by atoms with Gasteiger partial charge in [0.25, 0.3) is 5.91 Å². The SMILES string of the molecule is CNC(=O)c1cnn2c([C@@H]3CCCN(C4CCN(C)CC4)C3)ccnc12. The molecule has 1 N–H and O–H groups in total. The Kier molecular flexibility index (Phi) is 4.91. The van der Waals surface area contributed by atoms with Crippen LogP contribution in [0.4, 0.5) is 0 Å². The van der Waals surface area contributed by atoms with Crippen molar-refractivity contribution in [2.24, 2.45) is 0 Å². The second-order valence-corrected chi connectivity index (χ2v) is 7.61. The highest BCUT2D eigenvalue weighted by Crippen LogP contribution is 2.30. The Morgan fingerprint density at radius 1 is 1.23 bits per heavy atom. The second kappa shape index (κ2) is 7.32. The molecule has 7 heteroatoms. The van der Waals surface area contributed by atoms with Gasteiger partial charge < -0.3 is 10.2 Å². The summed E-state index contributed by atoms with van der Waals surface area (Å²) >= 11 is 0. The number of hydrogen-bond acceptors (Lipinski definition) is 5. The number of hydrogen-bond donors (Lipinski definition) is 1. The Labute approximate surface area is 154 Å². The third kappa shape index (κ3) is 3.21. The predicted octanol–water partition coefficient (Wildman–Crippen LogP) is 1.36. The molecule has 2 fully saturated rings. The van der Waals surface area contributed by atoms with Crippen molar-refractivity contribution in [2.45, 2.75) is 37.6 Å². The minimum Gasteiger partial charge on any atom is -0.355 e. The molecule has 2 aliphatic heterocycles. The van der Waals surface area contributed by atoms with E-state index in [9.17, 15) is 4.79 Å². The Morgan fingerprint density at radius 3 is 2.81 bits per heavy atom. The molecule has 0 unspecified atom stereocenters. The van der Waals surface area contributed by atoms with Crippen LogP contribution in [0.1, 0.15) is 47.7 Å². The third-order valence-corrected chi connectivity index (χ3v) is 5.98. The first-order valence-electron chi connectivity index (χ1n) is 9.64. The monoisotopic (exact) mass is 356 g/mol. The highest BCUT2D eigenvalue weighted by atomic mass is 16.1. The lowest BCUT2D eigenvalue weighted by Gasteiger charge is -2.41. The lowest BCUT2D eigenvalue weighted by atomic mass is 9.91. The molecule has 4 rings (SSSR count). The average Bonchev–Trinajstić information content (AvgIpc) is 3.12. The van der Waals surface area contributed by atoms with Gasteiger partial charge in [0.15, 0.2) is 5.65 Å². The Balaban J connectivity index is 1.57. The fourth-order valence-electron chi connectivity index (χ4n) is 4.45. The van der Waals surface area contributed by atoms with E-state index in [4.69, 9.17) is 0 Å². The van der Waals surface area contributed by atoms with Crippen LogP contribution in [0.5, 0.6) is 0 Å². The van der Waals surface area contributed by atoms with E-state index in [-0.39, 0.29) is 5.91 Å². The quantitative estimate of drug-likeness (QED) is 0.900. The molecule has 0 aromatic carbocycles. The maximum Gasteiger partial charge on any atom is 0.256 e. The zero-order valence-electron chi connectivity index (χ0n) is 15.7. The summed E-state index contributed by atoms with van der Waals surface area (Å²) < 4.78 is 1.87. The van der Waals surface area contributed by atoms with Gasteiger partial charge in [-0.05, 0) is 58.4 Å². The molecule has 2 aromatic rings. The van der Waals surface area contributed by atoms with Crippen LogP contribution in [-0.4, -0.2) is 76.6 Å². The first-order chi connectivity index (χ1) is 12.7. The maximum absolute atomic E-state index is 12.0. The van der Waals surface area contributed by atoms with E-state index in [0.717, 1.165) is 13.0 Å². The highest BCUT2D eigenvalue weighted by molar-refractivity contribution is 5.99. The van der Waals surface area contributed by atoms with Crippen LogP contribution in [0.25, 0.3) is 5.65 Å². The summed E-state index contributed by atoms with van der Waals surface area (Å²) in [6.07, 6.45) is 8.34. The molecule has 140 valence electrons. The highest BCUT2D eigenvalue weighted by Gasteiger charge is 2.30. The van der Waals surface area contributed by atoms with Gasteiger partial charge in [0, 0.05) is 31.7 Å². The van der Waals surface area contributed by atoms with Crippen LogP contribution >= 0.6 is 0 Å². The standard InChI is InChI=1S/C19H28N6O/c1-20-19(26)16-12-22-25-17(5-8-21-18(16)25)14-4-3-9-24(13-14)15-6-10-23(2)11-7-15/h5,8,12,14-15H,3-4,6-7,9-11,13H2,1-2H3,(H,20,26)/t14-/m1/s1. The van der Waals surface area contributed by atoms with Gasteiger partial charge in [-0.25, -0.2) is 9.50 Å². The molecule has 2 aromatic heterocycles. The van der Waals surface area contributed by atoms with E-state index in [2.05, 4.69) is 38.3 Å².